The van der Waals surface area contributed by atoms with Gasteiger partial charge in [-0.2, -0.15) is 12.6 Å². The van der Waals surface area contributed by atoms with Crippen LogP contribution in [0.15, 0.2) is 0 Å². The number of carbonyl (C=O) groups excluding carboxylic acids is 4. The number of carbonyl (C=O) groups is 5. The zero-order valence-electron chi connectivity index (χ0n) is 15.2. The van der Waals surface area contributed by atoms with E-state index in [4.69, 9.17) is 16.6 Å². The van der Waals surface area contributed by atoms with Gasteiger partial charge in [-0.05, 0) is 12.3 Å². The zero-order valence-corrected chi connectivity index (χ0v) is 16.1. The molecule has 11 nitrogen and oxygen atoms in total. The number of aliphatic carboxylic acids is 1. The van der Waals surface area contributed by atoms with E-state index in [0.29, 0.717) is 0 Å². The fraction of sp³-hybridized carbons (Fsp3) is 0.667. The number of hydrogen-bond acceptors (Lipinski definition) is 7. The largest absolute Gasteiger partial charge is 0.480 e. The summed E-state index contributed by atoms with van der Waals surface area (Å²) in [7, 11) is 0. The van der Waals surface area contributed by atoms with Crippen LogP contribution in [0.25, 0.3) is 0 Å². The van der Waals surface area contributed by atoms with Gasteiger partial charge in [-0.25, -0.2) is 4.79 Å². The van der Waals surface area contributed by atoms with Gasteiger partial charge in [0.15, 0.2) is 0 Å². The Balaban J connectivity index is 4.77. The molecule has 0 aliphatic heterocycles. The maximum absolute atomic E-state index is 12.3. The molecular formula is C15H27N5O6S. The van der Waals surface area contributed by atoms with E-state index in [1.165, 1.54) is 0 Å². The van der Waals surface area contributed by atoms with E-state index >= 15 is 0 Å². The maximum Gasteiger partial charge on any atom is 0.327 e. The van der Waals surface area contributed by atoms with Crippen molar-refractivity contribution in [1.29, 1.82) is 0 Å². The summed E-state index contributed by atoms with van der Waals surface area (Å²) in [6.45, 7) is 3.18. The van der Waals surface area contributed by atoms with Crippen molar-refractivity contribution < 1.29 is 29.1 Å². The predicted molar refractivity (Wildman–Crippen MR) is 99.6 cm³/mol. The Morgan fingerprint density at radius 1 is 1.04 bits per heavy atom. The first-order valence-corrected chi connectivity index (χ1v) is 8.86. The number of rotatable bonds is 12. The lowest BCUT2D eigenvalue weighted by Crippen LogP contribution is -2.54. The Labute approximate surface area is 162 Å². The standard InChI is InChI=1S/C15H27N5O6S/c1-7(2)3-9(14(24)20-10(6-27)15(25)26)19-12(22)5-18-13(23)8(16)4-11(17)21/h7-10,27H,3-6,16H2,1-2H3,(H2,17,21)(H,18,23)(H,19,22)(H,20,24)(H,25,26). The number of amides is 4. The highest BCUT2D eigenvalue weighted by molar-refractivity contribution is 7.80. The first-order chi connectivity index (χ1) is 12.5. The normalized spacial score (nSPS) is 14.0. The second-order valence-corrected chi connectivity index (χ2v) is 6.69. The third-order valence-electron chi connectivity index (χ3n) is 3.34. The molecule has 0 spiro atoms. The molecule has 0 saturated carbocycles. The molecule has 0 bridgehead atoms. The topological polar surface area (TPSA) is 194 Å². The molecule has 0 aromatic rings. The molecule has 0 aromatic carbocycles. The Bertz CT molecular complexity index is 571. The van der Waals surface area contributed by atoms with Gasteiger partial charge < -0.3 is 32.5 Å². The predicted octanol–water partition coefficient (Wildman–Crippen LogP) is -2.66. The number of carboxylic acid groups (broad SMARTS) is 1. The lowest BCUT2D eigenvalue weighted by molar-refractivity contribution is -0.141. The first-order valence-electron chi connectivity index (χ1n) is 8.22. The monoisotopic (exact) mass is 405 g/mol. The quantitative estimate of drug-likeness (QED) is 0.172. The number of carboxylic acids is 1. The van der Waals surface area contributed by atoms with E-state index in [2.05, 4.69) is 28.6 Å². The van der Waals surface area contributed by atoms with Crippen LogP contribution in [0.3, 0.4) is 0 Å². The van der Waals surface area contributed by atoms with Crippen molar-refractivity contribution in [3.63, 3.8) is 0 Å². The van der Waals surface area contributed by atoms with Gasteiger partial charge in [0.1, 0.15) is 12.1 Å². The average molecular weight is 405 g/mol. The lowest BCUT2D eigenvalue weighted by Gasteiger charge is -2.22. The Kier molecular flexibility index (Phi) is 11.1. The average Bonchev–Trinajstić information content (AvgIpc) is 2.55. The van der Waals surface area contributed by atoms with E-state index in [-0.39, 0.29) is 24.5 Å². The minimum atomic E-state index is -1.25. The van der Waals surface area contributed by atoms with Crippen LogP contribution in [0.1, 0.15) is 26.7 Å². The second-order valence-electron chi connectivity index (χ2n) is 6.33. The SMILES string of the molecule is CC(C)CC(NC(=O)CNC(=O)C(N)CC(N)=O)C(=O)NC(CS)C(=O)O. The summed E-state index contributed by atoms with van der Waals surface area (Å²) in [5, 5.41) is 15.9. The van der Waals surface area contributed by atoms with E-state index in [1.54, 1.807) is 0 Å². The highest BCUT2D eigenvalue weighted by Gasteiger charge is 2.26. The fourth-order valence-corrected chi connectivity index (χ4v) is 2.26. The van der Waals surface area contributed by atoms with Crippen molar-refractivity contribution in [2.24, 2.45) is 17.4 Å². The highest BCUT2D eigenvalue weighted by atomic mass is 32.1. The highest BCUT2D eigenvalue weighted by Crippen LogP contribution is 2.06. The molecule has 0 saturated heterocycles. The summed E-state index contributed by atoms with van der Waals surface area (Å²) in [4.78, 5) is 57.7. The number of nitrogens with two attached hydrogens (primary N) is 2. The van der Waals surface area contributed by atoms with Gasteiger partial charge in [-0.3, -0.25) is 19.2 Å². The summed E-state index contributed by atoms with van der Waals surface area (Å²) in [5.41, 5.74) is 10.4. The number of hydrogen-bond donors (Lipinski definition) is 7. The van der Waals surface area contributed by atoms with Crippen LogP contribution < -0.4 is 27.4 Å². The fourth-order valence-electron chi connectivity index (χ4n) is 2.01. The molecule has 3 unspecified atom stereocenters. The van der Waals surface area contributed by atoms with Crippen LogP contribution in [-0.2, 0) is 24.0 Å². The van der Waals surface area contributed by atoms with Crippen molar-refractivity contribution in [2.45, 2.75) is 44.8 Å². The van der Waals surface area contributed by atoms with Crippen LogP contribution in [-0.4, -0.2) is 65.1 Å². The number of primary amides is 1. The molecule has 154 valence electrons. The van der Waals surface area contributed by atoms with Crippen LogP contribution in [0.5, 0.6) is 0 Å². The van der Waals surface area contributed by atoms with Crippen LogP contribution >= 0.6 is 12.6 Å². The van der Waals surface area contributed by atoms with Crippen molar-refractivity contribution in [1.82, 2.24) is 16.0 Å². The number of thiol groups is 1. The number of nitrogens with one attached hydrogen (secondary N) is 3. The Hall–Kier alpha value is -2.34. The van der Waals surface area contributed by atoms with Gasteiger partial charge >= 0.3 is 5.97 Å². The summed E-state index contributed by atoms with van der Waals surface area (Å²) in [6.07, 6.45) is -0.113. The van der Waals surface area contributed by atoms with E-state index in [9.17, 15) is 24.0 Å². The van der Waals surface area contributed by atoms with E-state index in [0.717, 1.165) is 0 Å². The second kappa shape index (κ2) is 12.1. The molecule has 0 aliphatic rings. The molecule has 8 N–H and O–H groups in total. The van der Waals surface area contributed by atoms with Crippen molar-refractivity contribution >= 4 is 42.2 Å². The maximum atomic E-state index is 12.3. The molecule has 4 amide bonds. The Morgan fingerprint density at radius 3 is 2.07 bits per heavy atom. The molecule has 27 heavy (non-hydrogen) atoms. The third-order valence-corrected chi connectivity index (χ3v) is 3.70. The van der Waals surface area contributed by atoms with Gasteiger partial charge in [0.2, 0.25) is 23.6 Å². The summed E-state index contributed by atoms with van der Waals surface area (Å²) in [6, 6.07) is -3.37. The molecule has 0 aromatic heterocycles. The van der Waals surface area contributed by atoms with Crippen LogP contribution in [0, 0.1) is 5.92 Å². The van der Waals surface area contributed by atoms with Gasteiger partial charge in [-0.1, -0.05) is 13.8 Å². The van der Waals surface area contributed by atoms with Crippen molar-refractivity contribution in [3.05, 3.63) is 0 Å². The van der Waals surface area contributed by atoms with Crippen LogP contribution in [0.4, 0.5) is 0 Å². The lowest BCUT2D eigenvalue weighted by atomic mass is 10.0. The molecule has 0 fully saturated rings. The molecule has 3 atom stereocenters. The summed E-state index contributed by atoms with van der Waals surface area (Å²) < 4.78 is 0. The van der Waals surface area contributed by atoms with Gasteiger partial charge in [0, 0.05) is 5.75 Å². The minimum Gasteiger partial charge on any atom is -0.480 e. The molecule has 0 heterocycles. The first kappa shape index (κ1) is 24.7. The molecule has 0 rings (SSSR count). The van der Waals surface area contributed by atoms with Crippen LogP contribution in [0.2, 0.25) is 0 Å². The zero-order chi connectivity index (χ0) is 21.1. The Morgan fingerprint density at radius 2 is 1.63 bits per heavy atom. The third kappa shape index (κ3) is 10.4. The van der Waals surface area contributed by atoms with Crippen molar-refractivity contribution in [3.8, 4) is 0 Å². The van der Waals surface area contributed by atoms with E-state index in [1.807, 2.05) is 13.8 Å². The van der Waals surface area contributed by atoms with Crippen molar-refractivity contribution in [2.75, 3.05) is 12.3 Å². The minimum absolute atomic E-state index is 0.0268. The molecular weight excluding hydrogens is 378 g/mol. The summed E-state index contributed by atoms with van der Waals surface area (Å²) in [5.74, 6) is -4.18. The van der Waals surface area contributed by atoms with E-state index < -0.39 is 54.3 Å². The molecule has 0 aliphatic carbocycles. The molecule has 0 radical (unpaired) electrons. The van der Waals surface area contributed by atoms with Gasteiger partial charge in [0.05, 0.1) is 19.0 Å². The van der Waals surface area contributed by atoms with Gasteiger partial charge in [-0.15, -0.1) is 0 Å². The van der Waals surface area contributed by atoms with Gasteiger partial charge in [0.25, 0.3) is 0 Å². The summed E-state index contributed by atoms with van der Waals surface area (Å²) >= 11 is 3.86. The smallest absolute Gasteiger partial charge is 0.327 e. The molecule has 12 heteroatoms.